The topological polar surface area (TPSA) is 38.7 Å². The molecule has 1 aromatic heterocycles. The van der Waals surface area contributed by atoms with E-state index in [0.717, 1.165) is 56.7 Å². The molecular formula is C66H53N3. The minimum atomic E-state index is -0.143. The zero-order chi connectivity index (χ0) is 45.8. The van der Waals surface area contributed by atoms with Crippen LogP contribution in [0, 0.1) is 17.8 Å². The Morgan fingerprint density at radius 2 is 0.855 bits per heavy atom. The standard InChI is InChI=1S/C66H53N3/c1-65(2)60-28-25-51(36-58(60)59-35-49-14-6-7-15-50(49)37-61(59)65)63-67-62(48-21-19-47(20-22-48)57-18-10-16-46-13-8-9-17-56(46)57)68-64(69-63)54-33-52(44-11-4-3-5-12-44)32-53(34-54)45-23-26-55(27-24-45)66-38-41-29-42(39-66)31-43(30-41)40-66/h3-28,32-37,41-43H,29-31,38-40H2,1-2H3. The van der Waals surface area contributed by atoms with Crippen LogP contribution in [-0.4, -0.2) is 15.0 Å². The van der Waals surface area contributed by atoms with Crippen LogP contribution < -0.4 is 0 Å². The predicted molar refractivity (Wildman–Crippen MR) is 285 cm³/mol. The summed E-state index contributed by atoms with van der Waals surface area (Å²) in [6, 6.07) is 71.5. The van der Waals surface area contributed by atoms with Crippen LogP contribution in [0.15, 0.2) is 194 Å². The maximum Gasteiger partial charge on any atom is 0.164 e. The molecule has 4 fully saturated rings. The lowest BCUT2D eigenvalue weighted by Crippen LogP contribution is -2.48. The normalized spacial score (nSPS) is 20.6. The highest BCUT2D eigenvalue weighted by Crippen LogP contribution is 2.61. The largest absolute Gasteiger partial charge is 0.208 e. The molecule has 332 valence electrons. The third kappa shape index (κ3) is 6.80. The third-order valence-corrected chi connectivity index (χ3v) is 16.8. The number of hydrogen-bond acceptors (Lipinski definition) is 3. The second-order valence-electron chi connectivity index (χ2n) is 21.5. The maximum atomic E-state index is 5.43. The molecule has 0 unspecified atom stereocenters. The van der Waals surface area contributed by atoms with E-state index in [1.807, 2.05) is 0 Å². The van der Waals surface area contributed by atoms with E-state index in [-0.39, 0.29) is 5.41 Å². The van der Waals surface area contributed by atoms with Crippen molar-refractivity contribution in [3.05, 3.63) is 211 Å². The summed E-state index contributed by atoms with van der Waals surface area (Å²) in [5.74, 6) is 4.71. The molecule has 5 aliphatic carbocycles. The fraction of sp³-hybridized carbons (Fsp3) is 0.197. The Balaban J connectivity index is 0.915. The smallest absolute Gasteiger partial charge is 0.164 e. The van der Waals surface area contributed by atoms with E-state index < -0.39 is 0 Å². The van der Waals surface area contributed by atoms with Crippen molar-refractivity contribution in [1.29, 1.82) is 0 Å². The number of fused-ring (bicyclic) bond motifs is 5. The summed E-state index contributed by atoms with van der Waals surface area (Å²) in [4.78, 5) is 16.2. The van der Waals surface area contributed by atoms with Crippen molar-refractivity contribution in [2.45, 2.75) is 63.2 Å². The van der Waals surface area contributed by atoms with Crippen molar-refractivity contribution in [2.75, 3.05) is 0 Å². The quantitative estimate of drug-likeness (QED) is 0.160. The highest BCUT2D eigenvalue weighted by atomic mass is 15.0. The highest BCUT2D eigenvalue weighted by molar-refractivity contribution is 5.97. The first-order chi connectivity index (χ1) is 33.8. The molecule has 9 aromatic carbocycles. The van der Waals surface area contributed by atoms with E-state index in [9.17, 15) is 0 Å². The lowest BCUT2D eigenvalue weighted by molar-refractivity contribution is -0.00518. The summed E-state index contributed by atoms with van der Waals surface area (Å²) >= 11 is 0. The van der Waals surface area contributed by atoms with Crippen molar-refractivity contribution in [3.8, 4) is 78.7 Å². The van der Waals surface area contributed by atoms with Crippen molar-refractivity contribution in [1.82, 2.24) is 15.0 Å². The van der Waals surface area contributed by atoms with Gasteiger partial charge in [0.2, 0.25) is 0 Å². The van der Waals surface area contributed by atoms with E-state index in [4.69, 9.17) is 15.0 Å². The summed E-state index contributed by atoms with van der Waals surface area (Å²) in [7, 11) is 0. The summed E-state index contributed by atoms with van der Waals surface area (Å²) in [6.07, 6.45) is 8.48. The Bertz CT molecular complexity index is 3620. The Kier molecular flexibility index (Phi) is 9.12. The Hall–Kier alpha value is -7.49. The monoisotopic (exact) mass is 887 g/mol. The van der Waals surface area contributed by atoms with Gasteiger partial charge in [-0.15, -0.1) is 0 Å². The van der Waals surface area contributed by atoms with Crippen molar-refractivity contribution in [2.24, 2.45) is 17.8 Å². The first kappa shape index (κ1) is 40.6. The minimum absolute atomic E-state index is 0.143. The van der Waals surface area contributed by atoms with Crippen LogP contribution in [0.4, 0.5) is 0 Å². The van der Waals surface area contributed by atoms with Crippen LogP contribution in [0.3, 0.4) is 0 Å². The molecule has 0 N–H and O–H groups in total. The number of aromatic nitrogens is 3. The van der Waals surface area contributed by atoms with Crippen LogP contribution in [0.2, 0.25) is 0 Å². The van der Waals surface area contributed by atoms with Gasteiger partial charge in [-0.3, -0.25) is 0 Å². The summed E-state index contributed by atoms with van der Waals surface area (Å²) in [5.41, 5.74) is 16.9. The van der Waals surface area contributed by atoms with Gasteiger partial charge < -0.3 is 0 Å². The molecule has 1 heterocycles. The molecule has 10 aromatic rings. The lowest BCUT2D eigenvalue weighted by atomic mass is 9.48. The van der Waals surface area contributed by atoms with Crippen molar-refractivity contribution >= 4 is 21.5 Å². The molecule has 0 radical (unpaired) electrons. The first-order valence-electron chi connectivity index (χ1n) is 25.2. The van der Waals surface area contributed by atoms with Crippen LogP contribution in [0.25, 0.3) is 100 Å². The number of hydrogen-bond donors (Lipinski definition) is 0. The average Bonchev–Trinajstić information content (AvgIpc) is 3.61. The van der Waals surface area contributed by atoms with Gasteiger partial charge >= 0.3 is 0 Å². The molecule has 3 heteroatoms. The summed E-state index contributed by atoms with van der Waals surface area (Å²) in [6.45, 7) is 4.70. The summed E-state index contributed by atoms with van der Waals surface area (Å²) < 4.78 is 0. The van der Waals surface area contributed by atoms with E-state index in [0.29, 0.717) is 22.9 Å². The molecule has 0 aliphatic heterocycles. The Labute approximate surface area is 405 Å². The van der Waals surface area contributed by atoms with Gasteiger partial charge in [0.1, 0.15) is 0 Å². The molecule has 0 atom stereocenters. The zero-order valence-electron chi connectivity index (χ0n) is 39.3. The minimum Gasteiger partial charge on any atom is -0.208 e. The van der Waals surface area contributed by atoms with Gasteiger partial charge in [-0.25, -0.2) is 15.0 Å². The van der Waals surface area contributed by atoms with Crippen molar-refractivity contribution in [3.63, 3.8) is 0 Å². The van der Waals surface area contributed by atoms with E-state index >= 15 is 0 Å². The molecule has 69 heavy (non-hydrogen) atoms. The average molecular weight is 888 g/mol. The van der Waals surface area contributed by atoms with Gasteiger partial charge in [-0.2, -0.15) is 0 Å². The molecule has 5 aliphatic rings. The van der Waals surface area contributed by atoms with Gasteiger partial charge in [-0.1, -0.05) is 172 Å². The van der Waals surface area contributed by atoms with Crippen LogP contribution >= 0.6 is 0 Å². The van der Waals surface area contributed by atoms with Crippen LogP contribution in [-0.2, 0) is 10.8 Å². The highest BCUT2D eigenvalue weighted by Gasteiger charge is 2.51. The van der Waals surface area contributed by atoms with E-state index in [2.05, 4.69) is 208 Å². The van der Waals surface area contributed by atoms with Gasteiger partial charge in [0.05, 0.1) is 0 Å². The van der Waals surface area contributed by atoms with E-state index in [1.165, 1.54) is 93.5 Å². The fourth-order valence-electron chi connectivity index (χ4n) is 13.8. The first-order valence-corrected chi connectivity index (χ1v) is 25.2. The molecule has 3 nitrogen and oxygen atoms in total. The van der Waals surface area contributed by atoms with Gasteiger partial charge in [0.15, 0.2) is 17.5 Å². The summed E-state index contributed by atoms with van der Waals surface area (Å²) in [5, 5.41) is 4.99. The van der Waals surface area contributed by atoms with Gasteiger partial charge in [0.25, 0.3) is 0 Å². The molecule has 15 rings (SSSR count). The van der Waals surface area contributed by atoms with E-state index in [1.54, 1.807) is 5.56 Å². The second kappa shape index (κ2) is 15.5. The molecule has 4 bridgehead atoms. The number of nitrogens with zero attached hydrogens (tertiary/aromatic N) is 3. The molecule has 4 saturated carbocycles. The SMILES string of the molecule is CC1(C)c2ccc(-c3nc(-c4ccc(-c5cccc6ccccc56)cc4)nc(-c4cc(-c5ccccc5)cc(-c5ccc(C67CC8CC(CC(C8)C6)C7)cc5)c4)n3)cc2-c2cc3ccccc3cc21. The fourth-order valence-corrected chi connectivity index (χ4v) is 13.8. The molecule has 0 amide bonds. The zero-order valence-corrected chi connectivity index (χ0v) is 39.3. The number of rotatable bonds is 7. The Morgan fingerprint density at radius 1 is 0.348 bits per heavy atom. The van der Waals surface area contributed by atoms with Gasteiger partial charge in [-0.05, 0) is 181 Å². The molecular weight excluding hydrogens is 835 g/mol. The molecule has 0 saturated heterocycles. The second-order valence-corrected chi connectivity index (χ2v) is 21.5. The maximum absolute atomic E-state index is 5.43. The Morgan fingerprint density at radius 3 is 1.55 bits per heavy atom. The number of benzene rings is 9. The van der Waals surface area contributed by atoms with Crippen LogP contribution in [0.5, 0.6) is 0 Å². The van der Waals surface area contributed by atoms with Crippen LogP contribution in [0.1, 0.15) is 69.1 Å². The molecule has 0 spiro atoms. The van der Waals surface area contributed by atoms with Gasteiger partial charge in [0, 0.05) is 22.1 Å². The third-order valence-electron chi connectivity index (χ3n) is 16.8. The van der Waals surface area contributed by atoms with Crippen molar-refractivity contribution < 1.29 is 0 Å². The predicted octanol–water partition coefficient (Wildman–Crippen LogP) is 17.0. The lowest BCUT2D eigenvalue weighted by Gasteiger charge is -2.57.